The fraction of sp³-hybridized carbons (Fsp3) is 0.217. The molecule has 0 saturated carbocycles. The van der Waals surface area contributed by atoms with Crippen molar-refractivity contribution in [2.75, 3.05) is 0 Å². The predicted molar refractivity (Wildman–Crippen MR) is 210 cm³/mol. The van der Waals surface area contributed by atoms with Crippen molar-refractivity contribution >= 4 is 32.8 Å². The molecule has 0 amide bonds. The van der Waals surface area contributed by atoms with Crippen molar-refractivity contribution in [3.05, 3.63) is 150 Å². The Bertz CT molecular complexity index is 2590. The first-order valence-electron chi connectivity index (χ1n) is 17.8. The molecular weight excluding hydrogens is 625 g/mol. The summed E-state index contributed by atoms with van der Waals surface area (Å²) in [6.07, 6.45) is 4.12. The van der Waals surface area contributed by atoms with Crippen molar-refractivity contribution in [2.24, 2.45) is 0 Å². The van der Waals surface area contributed by atoms with Gasteiger partial charge in [-0.2, -0.15) is 9.13 Å². The summed E-state index contributed by atoms with van der Waals surface area (Å²) >= 11 is 0. The van der Waals surface area contributed by atoms with Crippen LogP contribution in [0.25, 0.3) is 50.0 Å². The third kappa shape index (κ3) is 5.87. The Kier molecular flexibility index (Phi) is 7.64. The smallest absolute Gasteiger partial charge is 0.255 e. The standard InChI is InChI=1S/C46H45N4O/c1-30-22-42-43(23-31(30)2)49(29-48(42)34-14-10-9-11-15-34)35-24-33(46(6,7)8)25-37(27-35)51-36-18-19-39-38-16-12-13-17-40(38)50(41(39)28-36)44-26-32(20-21-47-44)45(3,4)5/h9-29H,1-8H3/q+1. The van der Waals surface area contributed by atoms with Gasteiger partial charge in [0.2, 0.25) is 0 Å². The molecular formula is C46H45N4O+. The summed E-state index contributed by atoms with van der Waals surface area (Å²) in [7, 11) is 0. The molecule has 3 heterocycles. The highest BCUT2D eigenvalue weighted by Crippen LogP contribution is 2.38. The third-order valence-electron chi connectivity index (χ3n) is 10.1. The van der Waals surface area contributed by atoms with Crippen LogP contribution in [0.2, 0.25) is 0 Å². The average Bonchev–Trinajstić information content (AvgIpc) is 3.63. The zero-order valence-electron chi connectivity index (χ0n) is 30.8. The van der Waals surface area contributed by atoms with E-state index in [-0.39, 0.29) is 10.8 Å². The molecule has 0 aliphatic heterocycles. The number of ether oxygens (including phenoxy) is 1. The molecule has 5 aromatic carbocycles. The molecule has 0 fully saturated rings. The summed E-state index contributed by atoms with van der Waals surface area (Å²) < 4.78 is 13.7. The first-order valence-corrected chi connectivity index (χ1v) is 17.8. The molecule has 0 aliphatic carbocycles. The van der Waals surface area contributed by atoms with Crippen LogP contribution in [0.1, 0.15) is 63.8 Å². The number of hydrogen-bond donors (Lipinski definition) is 0. The van der Waals surface area contributed by atoms with Crippen molar-refractivity contribution in [1.82, 2.24) is 14.1 Å². The van der Waals surface area contributed by atoms with Gasteiger partial charge in [-0.1, -0.05) is 77.9 Å². The minimum Gasteiger partial charge on any atom is -0.457 e. The van der Waals surface area contributed by atoms with Crippen LogP contribution in [0.15, 0.2) is 128 Å². The van der Waals surface area contributed by atoms with Crippen LogP contribution in [0.5, 0.6) is 11.5 Å². The summed E-state index contributed by atoms with van der Waals surface area (Å²) in [6, 6.07) is 41.1. The van der Waals surface area contributed by atoms with Gasteiger partial charge in [0.15, 0.2) is 11.0 Å². The molecule has 0 aliphatic rings. The Morgan fingerprint density at radius 3 is 2.06 bits per heavy atom. The normalized spacial score (nSPS) is 12.3. The van der Waals surface area contributed by atoms with Crippen LogP contribution in [-0.2, 0) is 10.8 Å². The first kappa shape index (κ1) is 32.5. The second-order valence-corrected chi connectivity index (χ2v) is 15.9. The maximum absolute atomic E-state index is 6.84. The van der Waals surface area contributed by atoms with Crippen molar-refractivity contribution < 1.29 is 9.30 Å². The van der Waals surface area contributed by atoms with Gasteiger partial charge in [0.05, 0.1) is 11.0 Å². The largest absolute Gasteiger partial charge is 0.457 e. The zero-order chi connectivity index (χ0) is 35.7. The van der Waals surface area contributed by atoms with Gasteiger partial charge in [0, 0.05) is 29.1 Å². The lowest BCUT2D eigenvalue weighted by atomic mass is 9.86. The molecule has 0 unspecified atom stereocenters. The topological polar surface area (TPSA) is 35.9 Å². The molecule has 51 heavy (non-hydrogen) atoms. The molecule has 0 radical (unpaired) electrons. The van der Waals surface area contributed by atoms with Gasteiger partial charge in [-0.25, -0.2) is 4.98 Å². The number of fused-ring (bicyclic) bond motifs is 4. The van der Waals surface area contributed by atoms with E-state index >= 15 is 0 Å². The zero-order valence-corrected chi connectivity index (χ0v) is 30.8. The Morgan fingerprint density at radius 1 is 0.588 bits per heavy atom. The van der Waals surface area contributed by atoms with Crippen LogP contribution in [0.3, 0.4) is 0 Å². The van der Waals surface area contributed by atoms with Crippen LogP contribution in [-0.4, -0.2) is 14.1 Å². The molecule has 8 aromatic rings. The highest BCUT2D eigenvalue weighted by molar-refractivity contribution is 6.09. The van der Waals surface area contributed by atoms with E-state index in [2.05, 4.69) is 191 Å². The number of pyridine rings is 1. The molecule has 0 spiro atoms. The van der Waals surface area contributed by atoms with Gasteiger partial charge in [0.1, 0.15) is 28.7 Å². The van der Waals surface area contributed by atoms with E-state index in [1.165, 1.54) is 33.0 Å². The van der Waals surface area contributed by atoms with Crippen LogP contribution in [0, 0.1) is 13.8 Å². The summed E-state index contributed by atoms with van der Waals surface area (Å²) in [5.41, 5.74) is 11.6. The second kappa shape index (κ2) is 12.0. The lowest BCUT2D eigenvalue weighted by molar-refractivity contribution is -0.567. The van der Waals surface area contributed by atoms with Gasteiger partial charge >= 0.3 is 0 Å². The van der Waals surface area contributed by atoms with E-state index in [0.717, 1.165) is 50.8 Å². The number of aryl methyl sites for hydroxylation is 2. The van der Waals surface area contributed by atoms with E-state index in [4.69, 9.17) is 9.72 Å². The van der Waals surface area contributed by atoms with E-state index in [1.54, 1.807) is 0 Å². The molecule has 5 heteroatoms. The van der Waals surface area contributed by atoms with Gasteiger partial charge in [-0.15, -0.1) is 0 Å². The first-order chi connectivity index (χ1) is 24.3. The van der Waals surface area contributed by atoms with E-state index in [0.29, 0.717) is 0 Å². The minimum atomic E-state index is -0.0981. The fourth-order valence-electron chi connectivity index (χ4n) is 7.03. The molecule has 0 N–H and O–H groups in total. The molecule has 5 nitrogen and oxygen atoms in total. The van der Waals surface area contributed by atoms with Crippen LogP contribution in [0.4, 0.5) is 0 Å². The SMILES string of the molecule is Cc1cc2c(cc1C)[n+](-c1ccccc1)cn2-c1cc(Oc2ccc3c4ccccc4n(-c4cc(C(C)(C)C)ccn4)c3c2)cc(C(C)(C)C)c1. The maximum Gasteiger partial charge on any atom is 0.255 e. The molecule has 0 atom stereocenters. The van der Waals surface area contributed by atoms with Gasteiger partial charge in [-0.3, -0.25) is 4.57 Å². The summed E-state index contributed by atoms with van der Waals surface area (Å²) in [4.78, 5) is 4.87. The Balaban J connectivity index is 1.29. The van der Waals surface area contributed by atoms with Crippen LogP contribution >= 0.6 is 0 Å². The molecule has 3 aromatic heterocycles. The van der Waals surface area contributed by atoms with Gasteiger partial charge in [-0.05, 0) is 114 Å². The number of para-hydroxylation sites is 2. The lowest BCUT2D eigenvalue weighted by Crippen LogP contribution is -2.28. The highest BCUT2D eigenvalue weighted by Gasteiger charge is 2.24. The molecule has 0 saturated heterocycles. The Labute approximate surface area is 300 Å². The lowest BCUT2D eigenvalue weighted by Gasteiger charge is -2.21. The van der Waals surface area contributed by atoms with Crippen LogP contribution < -0.4 is 9.30 Å². The second-order valence-electron chi connectivity index (χ2n) is 15.9. The number of aromatic nitrogens is 4. The molecule has 8 rings (SSSR count). The van der Waals surface area contributed by atoms with Crippen molar-refractivity contribution in [3.63, 3.8) is 0 Å². The number of rotatable bonds is 5. The number of benzene rings is 5. The monoisotopic (exact) mass is 669 g/mol. The van der Waals surface area contributed by atoms with Crippen molar-refractivity contribution in [3.8, 4) is 28.7 Å². The summed E-state index contributed by atoms with van der Waals surface area (Å²) in [6.45, 7) is 17.8. The predicted octanol–water partition coefficient (Wildman–Crippen LogP) is 11.4. The molecule has 254 valence electrons. The number of nitrogens with zero attached hydrogens (tertiary/aromatic N) is 4. The summed E-state index contributed by atoms with van der Waals surface area (Å²) in [5, 5.41) is 2.36. The third-order valence-corrected chi connectivity index (χ3v) is 10.1. The number of imidazole rings is 1. The minimum absolute atomic E-state index is 0.00341. The van der Waals surface area contributed by atoms with Crippen molar-refractivity contribution in [1.29, 1.82) is 0 Å². The Hall–Kier alpha value is -5.68. The van der Waals surface area contributed by atoms with E-state index < -0.39 is 0 Å². The number of hydrogen-bond acceptors (Lipinski definition) is 2. The maximum atomic E-state index is 6.84. The quantitative estimate of drug-likeness (QED) is 0.171. The highest BCUT2D eigenvalue weighted by atomic mass is 16.5. The van der Waals surface area contributed by atoms with Gasteiger partial charge in [0.25, 0.3) is 6.33 Å². The molecule has 0 bridgehead atoms. The fourth-order valence-corrected chi connectivity index (χ4v) is 7.03. The van der Waals surface area contributed by atoms with Crippen molar-refractivity contribution in [2.45, 2.75) is 66.2 Å². The van der Waals surface area contributed by atoms with E-state index in [9.17, 15) is 0 Å². The Morgan fingerprint density at radius 2 is 1.29 bits per heavy atom. The van der Waals surface area contributed by atoms with E-state index in [1.807, 2.05) is 6.20 Å². The summed E-state index contributed by atoms with van der Waals surface area (Å²) in [5.74, 6) is 2.47. The van der Waals surface area contributed by atoms with Gasteiger partial charge < -0.3 is 4.74 Å². The average molecular weight is 670 g/mol.